The molecule has 7 heteroatoms. The molecule has 3 rings (SSSR count). The predicted octanol–water partition coefficient (Wildman–Crippen LogP) is 0.692. The highest BCUT2D eigenvalue weighted by Gasteiger charge is 2.45. The number of carboxylic acids is 1. The smallest absolute Gasteiger partial charge is 0.321 e. The van der Waals surface area contributed by atoms with Crippen LogP contribution in [-0.2, 0) is 9.59 Å². The molecular formula is C15H23N3O4. The number of nitrogens with zero attached hydrogens (tertiary/aromatic N) is 1. The van der Waals surface area contributed by atoms with E-state index in [2.05, 4.69) is 10.6 Å². The second kappa shape index (κ2) is 6.24. The molecule has 122 valence electrons. The number of imide groups is 1. The maximum absolute atomic E-state index is 12.0. The summed E-state index contributed by atoms with van der Waals surface area (Å²) in [6.45, 7) is -0.0176. The lowest BCUT2D eigenvalue weighted by atomic mass is 9.85. The van der Waals surface area contributed by atoms with Gasteiger partial charge < -0.3 is 10.4 Å². The van der Waals surface area contributed by atoms with Crippen LogP contribution < -0.4 is 10.6 Å². The van der Waals surface area contributed by atoms with Crippen molar-refractivity contribution in [3.8, 4) is 0 Å². The maximum atomic E-state index is 12.0. The van der Waals surface area contributed by atoms with Crippen molar-refractivity contribution in [2.45, 2.75) is 63.1 Å². The van der Waals surface area contributed by atoms with Crippen molar-refractivity contribution >= 4 is 17.9 Å². The van der Waals surface area contributed by atoms with Crippen LogP contribution in [0.3, 0.4) is 0 Å². The fourth-order valence-corrected chi connectivity index (χ4v) is 3.80. The average Bonchev–Trinajstić information content (AvgIpc) is 3.19. The minimum absolute atomic E-state index is 0.0176. The Morgan fingerprint density at radius 1 is 1.09 bits per heavy atom. The van der Waals surface area contributed by atoms with Crippen LogP contribution in [0.2, 0.25) is 0 Å². The summed E-state index contributed by atoms with van der Waals surface area (Å²) < 4.78 is 0. The zero-order valence-electron chi connectivity index (χ0n) is 12.6. The van der Waals surface area contributed by atoms with Gasteiger partial charge in [0.1, 0.15) is 6.04 Å². The van der Waals surface area contributed by atoms with Gasteiger partial charge in [0.05, 0.1) is 6.54 Å². The molecule has 3 atom stereocenters. The fraction of sp³-hybridized carbons (Fsp3) is 0.800. The van der Waals surface area contributed by atoms with Crippen LogP contribution in [-0.4, -0.2) is 52.6 Å². The quantitative estimate of drug-likeness (QED) is 0.710. The van der Waals surface area contributed by atoms with Crippen LogP contribution in [0.25, 0.3) is 0 Å². The normalized spacial score (nSPS) is 31.4. The van der Waals surface area contributed by atoms with E-state index < -0.39 is 23.9 Å². The molecule has 3 amide bonds. The Bertz CT molecular complexity index is 477. The fourth-order valence-electron chi connectivity index (χ4n) is 3.80. The van der Waals surface area contributed by atoms with Gasteiger partial charge in [-0.1, -0.05) is 12.8 Å². The first-order chi connectivity index (χ1) is 10.5. The molecule has 0 aromatic carbocycles. The molecule has 2 aliphatic carbocycles. The number of carbonyl (C=O) groups excluding carboxylic acids is 2. The van der Waals surface area contributed by atoms with E-state index in [0.717, 1.165) is 38.5 Å². The van der Waals surface area contributed by atoms with Crippen LogP contribution in [0.15, 0.2) is 0 Å². The van der Waals surface area contributed by atoms with Crippen molar-refractivity contribution in [1.29, 1.82) is 0 Å². The lowest BCUT2D eigenvalue weighted by molar-refractivity contribution is -0.143. The molecule has 3 fully saturated rings. The predicted molar refractivity (Wildman–Crippen MR) is 78.2 cm³/mol. The number of fused-ring (bicyclic) bond motifs is 1. The third kappa shape index (κ3) is 3.40. The van der Waals surface area contributed by atoms with Gasteiger partial charge in [-0.3, -0.25) is 19.8 Å². The highest BCUT2D eigenvalue weighted by molar-refractivity contribution is 5.95. The summed E-state index contributed by atoms with van der Waals surface area (Å²) in [4.78, 5) is 36.9. The largest absolute Gasteiger partial charge is 0.480 e. The van der Waals surface area contributed by atoms with Gasteiger partial charge in [-0.05, 0) is 38.0 Å². The number of carbonyl (C=O) groups is 3. The van der Waals surface area contributed by atoms with E-state index in [0.29, 0.717) is 12.3 Å². The van der Waals surface area contributed by atoms with E-state index in [1.165, 1.54) is 0 Å². The monoisotopic (exact) mass is 309 g/mol. The summed E-state index contributed by atoms with van der Waals surface area (Å²) in [5, 5.41) is 14.4. The van der Waals surface area contributed by atoms with Gasteiger partial charge in [-0.15, -0.1) is 0 Å². The van der Waals surface area contributed by atoms with Crippen LogP contribution in [0.5, 0.6) is 0 Å². The van der Waals surface area contributed by atoms with Gasteiger partial charge in [0.2, 0.25) is 5.91 Å². The Hall–Kier alpha value is -1.63. The first kappa shape index (κ1) is 15.3. The van der Waals surface area contributed by atoms with Crippen molar-refractivity contribution in [2.24, 2.45) is 5.92 Å². The Labute approximate surface area is 129 Å². The summed E-state index contributed by atoms with van der Waals surface area (Å²) in [5.41, 5.74) is 0. The lowest BCUT2D eigenvalue weighted by Gasteiger charge is -2.32. The summed E-state index contributed by atoms with van der Waals surface area (Å²) in [5.74, 6) is -0.928. The van der Waals surface area contributed by atoms with Crippen LogP contribution in [0.4, 0.5) is 4.79 Å². The van der Waals surface area contributed by atoms with E-state index in [1.54, 1.807) is 4.90 Å². The van der Waals surface area contributed by atoms with E-state index in [1.807, 2.05) is 0 Å². The number of urea groups is 1. The zero-order chi connectivity index (χ0) is 15.7. The Balaban J connectivity index is 1.58. The molecule has 7 nitrogen and oxygen atoms in total. The molecule has 1 heterocycles. The Morgan fingerprint density at radius 3 is 2.50 bits per heavy atom. The maximum Gasteiger partial charge on any atom is 0.321 e. The van der Waals surface area contributed by atoms with Crippen LogP contribution in [0, 0.1) is 5.92 Å². The third-order valence-corrected chi connectivity index (χ3v) is 5.00. The van der Waals surface area contributed by atoms with Gasteiger partial charge in [0.25, 0.3) is 0 Å². The summed E-state index contributed by atoms with van der Waals surface area (Å²) in [7, 11) is 0. The highest BCUT2D eigenvalue weighted by atomic mass is 16.4. The molecule has 0 bridgehead atoms. The van der Waals surface area contributed by atoms with Crippen molar-refractivity contribution in [2.75, 3.05) is 6.54 Å². The molecule has 1 aliphatic heterocycles. The van der Waals surface area contributed by atoms with Gasteiger partial charge >= 0.3 is 12.0 Å². The average molecular weight is 309 g/mol. The number of rotatable bonds is 4. The molecule has 3 aliphatic rings. The first-order valence-electron chi connectivity index (χ1n) is 8.13. The van der Waals surface area contributed by atoms with E-state index in [9.17, 15) is 19.5 Å². The Morgan fingerprint density at radius 2 is 1.82 bits per heavy atom. The summed E-state index contributed by atoms with van der Waals surface area (Å²) in [6, 6.07) is -0.731. The van der Waals surface area contributed by atoms with Crippen molar-refractivity contribution < 1.29 is 19.5 Å². The number of hydrogen-bond donors (Lipinski definition) is 3. The minimum Gasteiger partial charge on any atom is -0.480 e. The standard InChI is InChI=1S/C15H23N3O4/c19-13(17-15(22)16-10-5-6-10)8-18-11-4-2-1-3-9(11)7-12(18)14(20)21/h9-12H,1-8H2,(H,20,21)(H2,16,17,19,22). The molecule has 22 heavy (non-hydrogen) atoms. The molecule has 3 N–H and O–H groups in total. The Kier molecular flexibility index (Phi) is 4.33. The second-order valence-electron chi connectivity index (χ2n) is 6.67. The van der Waals surface area contributed by atoms with E-state index in [4.69, 9.17) is 0 Å². The molecule has 3 unspecified atom stereocenters. The molecule has 0 spiro atoms. The number of likely N-dealkylation sites (tertiary alicyclic amines) is 1. The number of amides is 3. The molecular weight excluding hydrogens is 286 g/mol. The number of nitrogens with one attached hydrogen (secondary N) is 2. The topological polar surface area (TPSA) is 98.7 Å². The SMILES string of the molecule is O=C(CN1C(C(=O)O)CC2CCCCC21)NC(=O)NC1CC1. The van der Waals surface area contributed by atoms with E-state index >= 15 is 0 Å². The van der Waals surface area contributed by atoms with Gasteiger partial charge in [-0.25, -0.2) is 4.79 Å². The van der Waals surface area contributed by atoms with Crippen LogP contribution in [0.1, 0.15) is 44.9 Å². The summed E-state index contributed by atoms with van der Waals surface area (Å²) in [6.07, 6.45) is 6.72. The zero-order valence-corrected chi connectivity index (χ0v) is 12.6. The summed E-state index contributed by atoms with van der Waals surface area (Å²) >= 11 is 0. The van der Waals surface area contributed by atoms with Crippen molar-refractivity contribution in [3.05, 3.63) is 0 Å². The number of carboxylic acid groups (broad SMARTS) is 1. The lowest BCUT2D eigenvalue weighted by Crippen LogP contribution is -2.50. The minimum atomic E-state index is -0.871. The van der Waals surface area contributed by atoms with Crippen molar-refractivity contribution in [3.63, 3.8) is 0 Å². The van der Waals surface area contributed by atoms with E-state index in [-0.39, 0.29) is 18.6 Å². The molecule has 0 aromatic rings. The number of aliphatic carboxylic acids is 1. The van der Waals surface area contributed by atoms with Crippen LogP contribution >= 0.6 is 0 Å². The van der Waals surface area contributed by atoms with Gasteiger partial charge in [0.15, 0.2) is 0 Å². The van der Waals surface area contributed by atoms with Crippen molar-refractivity contribution in [1.82, 2.24) is 15.5 Å². The molecule has 1 saturated heterocycles. The third-order valence-electron chi connectivity index (χ3n) is 5.00. The molecule has 0 aromatic heterocycles. The second-order valence-corrected chi connectivity index (χ2v) is 6.67. The molecule has 0 radical (unpaired) electrons. The van der Waals surface area contributed by atoms with Gasteiger partial charge in [0, 0.05) is 12.1 Å². The first-order valence-corrected chi connectivity index (χ1v) is 8.13. The van der Waals surface area contributed by atoms with Gasteiger partial charge in [-0.2, -0.15) is 0 Å². The highest BCUT2D eigenvalue weighted by Crippen LogP contribution is 2.39. The number of hydrogen-bond acceptors (Lipinski definition) is 4. The molecule has 2 saturated carbocycles.